The summed E-state index contributed by atoms with van der Waals surface area (Å²) >= 11 is 6.79. The van der Waals surface area contributed by atoms with Gasteiger partial charge in [0.1, 0.15) is 30.5 Å². The van der Waals surface area contributed by atoms with Crippen molar-refractivity contribution in [3.8, 4) is 17.2 Å². The van der Waals surface area contributed by atoms with Gasteiger partial charge in [0, 0.05) is 5.56 Å². The van der Waals surface area contributed by atoms with E-state index in [1.807, 2.05) is 91.9 Å². The molecule has 4 rings (SSSR count). The number of carbonyl (C=O) groups is 1. The van der Waals surface area contributed by atoms with Gasteiger partial charge < -0.3 is 14.2 Å². The Labute approximate surface area is 203 Å². The van der Waals surface area contributed by atoms with Crippen molar-refractivity contribution in [3.63, 3.8) is 0 Å². The SMILES string of the molecule is CCOc1ccccc1N1C(=O)/C(=C/c2ccccc2OCCOc2ccccc2)SC1=S. The van der Waals surface area contributed by atoms with E-state index >= 15 is 0 Å². The summed E-state index contributed by atoms with van der Waals surface area (Å²) in [6.45, 7) is 3.19. The first-order valence-corrected chi connectivity index (χ1v) is 11.8. The molecule has 1 fully saturated rings. The van der Waals surface area contributed by atoms with Crippen LogP contribution in [-0.2, 0) is 4.79 Å². The van der Waals surface area contributed by atoms with Gasteiger partial charge in [0.2, 0.25) is 0 Å². The van der Waals surface area contributed by atoms with Crippen LogP contribution in [0.2, 0.25) is 0 Å². The average molecular weight is 478 g/mol. The van der Waals surface area contributed by atoms with Crippen LogP contribution in [0.4, 0.5) is 5.69 Å². The van der Waals surface area contributed by atoms with E-state index in [-0.39, 0.29) is 5.91 Å². The summed E-state index contributed by atoms with van der Waals surface area (Å²) in [5.74, 6) is 1.92. The fourth-order valence-electron chi connectivity index (χ4n) is 3.30. The monoisotopic (exact) mass is 477 g/mol. The number of ether oxygens (including phenoxy) is 3. The van der Waals surface area contributed by atoms with Crippen LogP contribution < -0.4 is 19.1 Å². The Morgan fingerprint density at radius 2 is 1.52 bits per heavy atom. The first kappa shape index (κ1) is 22.9. The number of thiocarbonyl (C=S) groups is 1. The number of para-hydroxylation sites is 4. The van der Waals surface area contributed by atoms with E-state index in [0.29, 0.717) is 46.2 Å². The van der Waals surface area contributed by atoms with Gasteiger partial charge in [-0.1, -0.05) is 72.5 Å². The Bertz CT molecular complexity index is 1160. The second-order valence-electron chi connectivity index (χ2n) is 6.97. The third-order valence-corrected chi connectivity index (χ3v) is 6.06. The van der Waals surface area contributed by atoms with Crippen molar-refractivity contribution >= 4 is 46.0 Å². The highest BCUT2D eigenvalue weighted by atomic mass is 32.2. The normalized spacial score (nSPS) is 14.6. The Hall–Kier alpha value is -3.29. The van der Waals surface area contributed by atoms with Crippen molar-refractivity contribution in [1.29, 1.82) is 0 Å². The van der Waals surface area contributed by atoms with Crippen LogP contribution in [0.15, 0.2) is 83.8 Å². The number of hydrogen-bond acceptors (Lipinski definition) is 6. The number of rotatable bonds is 9. The minimum Gasteiger partial charge on any atom is -0.492 e. The molecule has 1 heterocycles. The van der Waals surface area contributed by atoms with Gasteiger partial charge in [-0.25, -0.2) is 0 Å². The Kier molecular flexibility index (Phi) is 7.65. The highest BCUT2D eigenvalue weighted by Gasteiger charge is 2.35. The molecule has 0 saturated carbocycles. The topological polar surface area (TPSA) is 48.0 Å². The van der Waals surface area contributed by atoms with Crippen molar-refractivity contribution in [2.75, 3.05) is 24.7 Å². The smallest absolute Gasteiger partial charge is 0.270 e. The van der Waals surface area contributed by atoms with Gasteiger partial charge in [-0.15, -0.1) is 0 Å². The van der Waals surface area contributed by atoms with Crippen LogP contribution in [0.5, 0.6) is 17.2 Å². The Balaban J connectivity index is 1.48. The van der Waals surface area contributed by atoms with Gasteiger partial charge in [-0.2, -0.15) is 0 Å². The first-order valence-electron chi connectivity index (χ1n) is 10.6. The third kappa shape index (κ3) is 5.56. The molecule has 3 aromatic rings. The second-order valence-corrected chi connectivity index (χ2v) is 8.64. The number of benzene rings is 3. The molecule has 3 aromatic carbocycles. The van der Waals surface area contributed by atoms with E-state index < -0.39 is 0 Å². The largest absolute Gasteiger partial charge is 0.492 e. The van der Waals surface area contributed by atoms with Crippen LogP contribution in [0.25, 0.3) is 6.08 Å². The maximum Gasteiger partial charge on any atom is 0.270 e. The fraction of sp³-hybridized carbons (Fsp3) is 0.154. The molecule has 0 bridgehead atoms. The molecule has 5 nitrogen and oxygen atoms in total. The molecule has 0 aromatic heterocycles. The van der Waals surface area contributed by atoms with E-state index in [4.69, 9.17) is 26.4 Å². The molecule has 1 aliphatic rings. The van der Waals surface area contributed by atoms with E-state index in [1.54, 1.807) is 0 Å². The number of carbonyl (C=O) groups excluding carboxylic acids is 1. The summed E-state index contributed by atoms with van der Waals surface area (Å²) < 4.78 is 17.8. The van der Waals surface area contributed by atoms with Gasteiger partial charge in [-0.3, -0.25) is 9.69 Å². The van der Waals surface area contributed by atoms with Crippen molar-refractivity contribution in [2.24, 2.45) is 0 Å². The number of anilines is 1. The first-order chi connectivity index (χ1) is 16.2. The molecule has 0 unspecified atom stereocenters. The summed E-state index contributed by atoms with van der Waals surface area (Å²) in [4.78, 5) is 15.3. The molecule has 0 spiro atoms. The molecule has 0 N–H and O–H groups in total. The van der Waals surface area contributed by atoms with E-state index in [9.17, 15) is 4.79 Å². The standard InChI is InChI=1S/C26H23NO4S2/c1-2-29-23-15-9-7-13-21(23)27-25(28)24(33-26(27)32)18-19-10-6-8-14-22(19)31-17-16-30-20-11-4-3-5-12-20/h3-15,18H,2,16-17H2,1H3/b24-18-. The molecule has 1 amide bonds. The zero-order valence-corrected chi connectivity index (χ0v) is 19.7. The van der Waals surface area contributed by atoms with Crippen molar-refractivity contribution in [2.45, 2.75) is 6.92 Å². The lowest BCUT2D eigenvalue weighted by molar-refractivity contribution is -0.113. The third-order valence-electron chi connectivity index (χ3n) is 4.76. The Morgan fingerprint density at radius 3 is 2.30 bits per heavy atom. The highest BCUT2D eigenvalue weighted by Crippen LogP contribution is 2.40. The second kappa shape index (κ2) is 11.0. The van der Waals surface area contributed by atoms with Crippen LogP contribution >= 0.6 is 24.0 Å². The molecule has 0 atom stereocenters. The van der Waals surface area contributed by atoms with E-state index in [2.05, 4.69) is 0 Å². The fourth-order valence-corrected chi connectivity index (χ4v) is 4.57. The summed E-state index contributed by atoms with van der Waals surface area (Å²) in [6.07, 6.45) is 1.82. The van der Waals surface area contributed by atoms with Crippen molar-refractivity contribution in [1.82, 2.24) is 0 Å². The molecular formula is C26H23NO4S2. The number of hydrogen-bond donors (Lipinski definition) is 0. The lowest BCUT2D eigenvalue weighted by Crippen LogP contribution is -2.28. The van der Waals surface area contributed by atoms with E-state index in [1.165, 1.54) is 16.7 Å². The summed E-state index contributed by atoms with van der Waals surface area (Å²) in [5, 5.41) is 0. The van der Waals surface area contributed by atoms with Crippen LogP contribution in [0.3, 0.4) is 0 Å². The molecule has 7 heteroatoms. The molecule has 0 aliphatic carbocycles. The predicted octanol–water partition coefficient (Wildman–Crippen LogP) is 5.95. The van der Waals surface area contributed by atoms with Gasteiger partial charge in [0.05, 0.1) is 17.2 Å². The predicted molar refractivity (Wildman–Crippen MR) is 137 cm³/mol. The zero-order valence-electron chi connectivity index (χ0n) is 18.1. The maximum absolute atomic E-state index is 13.2. The number of thioether (sulfide) groups is 1. The Morgan fingerprint density at radius 1 is 0.848 bits per heavy atom. The number of amides is 1. The summed E-state index contributed by atoms with van der Waals surface area (Å²) in [7, 11) is 0. The molecule has 168 valence electrons. The van der Waals surface area contributed by atoms with Crippen molar-refractivity contribution < 1.29 is 19.0 Å². The zero-order chi connectivity index (χ0) is 23.0. The lowest BCUT2D eigenvalue weighted by atomic mass is 10.2. The van der Waals surface area contributed by atoms with Gasteiger partial charge >= 0.3 is 0 Å². The van der Waals surface area contributed by atoms with Crippen LogP contribution in [0, 0.1) is 0 Å². The van der Waals surface area contributed by atoms with Gasteiger partial charge in [0.25, 0.3) is 5.91 Å². The molecule has 1 aliphatic heterocycles. The maximum atomic E-state index is 13.2. The molecule has 1 saturated heterocycles. The molecule has 33 heavy (non-hydrogen) atoms. The lowest BCUT2D eigenvalue weighted by Gasteiger charge is -2.18. The highest BCUT2D eigenvalue weighted by molar-refractivity contribution is 8.27. The van der Waals surface area contributed by atoms with Crippen LogP contribution in [0.1, 0.15) is 12.5 Å². The minimum atomic E-state index is -0.181. The molecule has 0 radical (unpaired) electrons. The number of nitrogens with zero attached hydrogens (tertiary/aromatic N) is 1. The molecular weight excluding hydrogens is 454 g/mol. The van der Waals surface area contributed by atoms with Crippen molar-refractivity contribution in [3.05, 3.63) is 89.3 Å². The van der Waals surface area contributed by atoms with Gasteiger partial charge in [-0.05, 0) is 43.3 Å². The average Bonchev–Trinajstić information content (AvgIpc) is 3.11. The van der Waals surface area contributed by atoms with Crippen LogP contribution in [-0.4, -0.2) is 30.0 Å². The van der Waals surface area contributed by atoms with E-state index in [0.717, 1.165) is 11.3 Å². The summed E-state index contributed by atoms with van der Waals surface area (Å²) in [6, 6.07) is 24.6. The quantitative estimate of drug-likeness (QED) is 0.216. The summed E-state index contributed by atoms with van der Waals surface area (Å²) in [5.41, 5.74) is 1.45. The van der Waals surface area contributed by atoms with Gasteiger partial charge in [0.15, 0.2) is 4.32 Å². The minimum absolute atomic E-state index is 0.181.